The highest BCUT2D eigenvalue weighted by Gasteiger charge is 2.30. The fourth-order valence-corrected chi connectivity index (χ4v) is 3.29. The summed E-state index contributed by atoms with van der Waals surface area (Å²) in [4.78, 5) is 12.2. The van der Waals surface area contributed by atoms with Crippen LogP contribution in [-0.2, 0) is 4.79 Å². The summed E-state index contributed by atoms with van der Waals surface area (Å²) in [5.74, 6) is 1.06. The van der Waals surface area contributed by atoms with Gasteiger partial charge < -0.3 is 0 Å². The van der Waals surface area contributed by atoms with Crippen molar-refractivity contribution in [2.24, 2.45) is 5.92 Å². The highest BCUT2D eigenvalue weighted by atomic mass is 16.1. The van der Waals surface area contributed by atoms with E-state index in [-0.39, 0.29) is 0 Å². The second-order valence-electron chi connectivity index (χ2n) is 5.17. The fraction of sp³-hybridized carbons (Fsp3) is 0.438. The van der Waals surface area contributed by atoms with Gasteiger partial charge in [0.1, 0.15) is 0 Å². The predicted molar refractivity (Wildman–Crippen MR) is 69.6 cm³/mol. The average molecular weight is 226 g/mol. The Kier molecular flexibility index (Phi) is 2.84. The molecule has 0 heterocycles. The maximum absolute atomic E-state index is 12.2. The molecule has 1 unspecified atom stereocenters. The van der Waals surface area contributed by atoms with Crippen LogP contribution in [0.4, 0.5) is 0 Å². The van der Waals surface area contributed by atoms with Gasteiger partial charge in [-0.2, -0.15) is 0 Å². The predicted octanol–water partition coefficient (Wildman–Crippen LogP) is 3.99. The van der Waals surface area contributed by atoms with E-state index in [1.54, 1.807) is 0 Å². The highest BCUT2D eigenvalue weighted by molar-refractivity contribution is 6.22. The first-order valence-corrected chi connectivity index (χ1v) is 6.68. The van der Waals surface area contributed by atoms with Gasteiger partial charge in [-0.1, -0.05) is 42.3 Å². The summed E-state index contributed by atoms with van der Waals surface area (Å²) in [5.41, 5.74) is 3.65. The molecule has 1 heteroatoms. The Morgan fingerprint density at radius 3 is 2.59 bits per heavy atom. The number of Topliss-reactive ketones (excluding diaryl/α,β-unsaturated/α-hetero) is 1. The van der Waals surface area contributed by atoms with Gasteiger partial charge in [0.05, 0.1) is 0 Å². The van der Waals surface area contributed by atoms with Gasteiger partial charge in [0.2, 0.25) is 0 Å². The first-order valence-electron chi connectivity index (χ1n) is 6.68. The number of carbonyl (C=O) groups is 1. The van der Waals surface area contributed by atoms with E-state index in [1.807, 2.05) is 18.2 Å². The van der Waals surface area contributed by atoms with Gasteiger partial charge in [-0.05, 0) is 37.2 Å². The van der Waals surface area contributed by atoms with Crippen molar-refractivity contribution in [2.45, 2.75) is 38.5 Å². The molecule has 0 aliphatic heterocycles. The Hall–Kier alpha value is -1.37. The molecule has 2 aliphatic carbocycles. The maximum Gasteiger partial charge on any atom is 0.163 e. The molecular formula is C16H18O. The third-order valence-corrected chi connectivity index (χ3v) is 4.12. The number of hydrogen-bond donors (Lipinski definition) is 0. The van der Waals surface area contributed by atoms with E-state index in [0.717, 1.165) is 30.4 Å². The highest BCUT2D eigenvalue weighted by Crippen LogP contribution is 2.41. The topological polar surface area (TPSA) is 17.1 Å². The smallest absolute Gasteiger partial charge is 0.163 e. The molecule has 0 N–H and O–H groups in total. The zero-order valence-electron chi connectivity index (χ0n) is 10.1. The molecule has 1 nitrogen and oxygen atoms in total. The van der Waals surface area contributed by atoms with Crippen LogP contribution in [0.15, 0.2) is 35.9 Å². The van der Waals surface area contributed by atoms with Gasteiger partial charge in [-0.25, -0.2) is 0 Å². The van der Waals surface area contributed by atoms with E-state index in [2.05, 4.69) is 12.1 Å². The van der Waals surface area contributed by atoms with E-state index in [4.69, 9.17) is 0 Å². The van der Waals surface area contributed by atoms with Crippen molar-refractivity contribution in [2.75, 3.05) is 0 Å². The molecule has 2 aliphatic rings. The minimum Gasteiger partial charge on any atom is -0.294 e. The second-order valence-corrected chi connectivity index (χ2v) is 5.17. The minimum absolute atomic E-state index is 0.365. The molecule has 1 aromatic carbocycles. The lowest BCUT2D eigenvalue weighted by Gasteiger charge is -2.31. The first kappa shape index (κ1) is 10.8. The maximum atomic E-state index is 12.2. The zero-order chi connectivity index (χ0) is 11.7. The molecule has 0 bridgehead atoms. The number of fused-ring (bicyclic) bond motifs is 1. The molecule has 0 amide bonds. The first-order chi connectivity index (χ1) is 8.36. The number of carbonyl (C=O) groups excluding carboxylic acids is 1. The molecular weight excluding hydrogens is 208 g/mol. The SMILES string of the molecule is O=C1CCC2CCCCC2=C1c1ccccc1. The molecule has 17 heavy (non-hydrogen) atoms. The van der Waals surface area contributed by atoms with Crippen LogP contribution in [0.1, 0.15) is 44.1 Å². The Bertz CT molecular complexity index is 456. The average Bonchev–Trinajstić information content (AvgIpc) is 2.39. The van der Waals surface area contributed by atoms with E-state index in [0.29, 0.717) is 11.7 Å². The van der Waals surface area contributed by atoms with Crippen molar-refractivity contribution in [1.29, 1.82) is 0 Å². The van der Waals surface area contributed by atoms with Crippen molar-refractivity contribution in [3.63, 3.8) is 0 Å². The van der Waals surface area contributed by atoms with Gasteiger partial charge in [0.25, 0.3) is 0 Å². The Morgan fingerprint density at radius 2 is 1.76 bits per heavy atom. The number of hydrogen-bond acceptors (Lipinski definition) is 1. The van der Waals surface area contributed by atoms with Crippen molar-refractivity contribution >= 4 is 11.4 Å². The molecule has 88 valence electrons. The zero-order valence-corrected chi connectivity index (χ0v) is 10.1. The van der Waals surface area contributed by atoms with Crippen molar-refractivity contribution in [3.05, 3.63) is 41.5 Å². The third kappa shape index (κ3) is 1.95. The summed E-state index contributed by atoms with van der Waals surface area (Å²) in [5, 5.41) is 0. The standard InChI is InChI=1S/C16H18O/c17-15-11-10-12-6-4-5-9-14(12)16(15)13-7-2-1-3-8-13/h1-3,7-8,12H,4-6,9-11H2. The van der Waals surface area contributed by atoms with Crippen molar-refractivity contribution in [3.8, 4) is 0 Å². The lowest BCUT2D eigenvalue weighted by Crippen LogP contribution is -2.21. The van der Waals surface area contributed by atoms with Crippen molar-refractivity contribution < 1.29 is 4.79 Å². The van der Waals surface area contributed by atoms with Gasteiger partial charge in [-0.3, -0.25) is 4.79 Å². The van der Waals surface area contributed by atoms with E-state index < -0.39 is 0 Å². The fourth-order valence-electron chi connectivity index (χ4n) is 3.29. The normalized spacial score (nSPS) is 24.7. The molecule has 1 saturated carbocycles. The molecule has 3 rings (SSSR count). The number of allylic oxidation sites excluding steroid dienone is 2. The second kappa shape index (κ2) is 4.48. The van der Waals surface area contributed by atoms with Crippen LogP contribution in [0.3, 0.4) is 0 Å². The number of ketones is 1. The van der Waals surface area contributed by atoms with Crippen LogP contribution >= 0.6 is 0 Å². The lowest BCUT2D eigenvalue weighted by atomic mass is 9.72. The Balaban J connectivity index is 2.09. The number of benzene rings is 1. The molecule has 1 atom stereocenters. The van der Waals surface area contributed by atoms with Gasteiger partial charge in [0, 0.05) is 12.0 Å². The van der Waals surface area contributed by atoms with E-state index in [9.17, 15) is 4.79 Å². The summed E-state index contributed by atoms with van der Waals surface area (Å²) in [7, 11) is 0. The largest absolute Gasteiger partial charge is 0.294 e. The molecule has 0 saturated heterocycles. The van der Waals surface area contributed by atoms with Crippen LogP contribution in [0.25, 0.3) is 5.57 Å². The van der Waals surface area contributed by atoms with Crippen LogP contribution in [-0.4, -0.2) is 5.78 Å². The molecule has 0 radical (unpaired) electrons. The van der Waals surface area contributed by atoms with Crippen LogP contribution in [0.2, 0.25) is 0 Å². The number of rotatable bonds is 1. The monoisotopic (exact) mass is 226 g/mol. The minimum atomic E-state index is 0.365. The molecule has 0 aromatic heterocycles. The van der Waals surface area contributed by atoms with E-state index >= 15 is 0 Å². The Morgan fingerprint density at radius 1 is 0.941 bits per heavy atom. The van der Waals surface area contributed by atoms with Crippen LogP contribution in [0.5, 0.6) is 0 Å². The van der Waals surface area contributed by atoms with E-state index in [1.165, 1.54) is 24.8 Å². The molecule has 0 spiro atoms. The molecule has 1 fully saturated rings. The third-order valence-electron chi connectivity index (χ3n) is 4.12. The summed E-state index contributed by atoms with van der Waals surface area (Å²) < 4.78 is 0. The summed E-state index contributed by atoms with van der Waals surface area (Å²) >= 11 is 0. The summed E-state index contributed by atoms with van der Waals surface area (Å²) in [6.45, 7) is 0. The quantitative estimate of drug-likeness (QED) is 0.707. The summed E-state index contributed by atoms with van der Waals surface area (Å²) in [6, 6.07) is 10.2. The summed E-state index contributed by atoms with van der Waals surface area (Å²) in [6.07, 6.45) is 6.86. The van der Waals surface area contributed by atoms with Crippen molar-refractivity contribution in [1.82, 2.24) is 0 Å². The van der Waals surface area contributed by atoms with Crippen LogP contribution < -0.4 is 0 Å². The van der Waals surface area contributed by atoms with Gasteiger partial charge >= 0.3 is 0 Å². The van der Waals surface area contributed by atoms with Gasteiger partial charge in [-0.15, -0.1) is 0 Å². The Labute approximate surface area is 103 Å². The lowest BCUT2D eigenvalue weighted by molar-refractivity contribution is -0.114. The molecule has 1 aromatic rings. The van der Waals surface area contributed by atoms with Gasteiger partial charge in [0.15, 0.2) is 5.78 Å². The van der Waals surface area contributed by atoms with Crippen LogP contribution in [0, 0.1) is 5.92 Å².